The first-order chi connectivity index (χ1) is 14.4. The Kier molecular flexibility index (Phi) is 5.13. The zero-order chi connectivity index (χ0) is 21.3. The Bertz CT molecular complexity index is 1320. The number of nitrogens with one attached hydrogen (secondary N) is 1. The first-order valence-corrected chi connectivity index (χ1v) is 10.8. The molecule has 1 N–H and O–H groups in total. The van der Waals surface area contributed by atoms with Gasteiger partial charge < -0.3 is 4.57 Å². The lowest BCUT2D eigenvalue weighted by atomic mass is 10.1. The number of nitrogens with zero attached hydrogens (tertiary/aromatic N) is 1. The summed E-state index contributed by atoms with van der Waals surface area (Å²) in [6, 6.07) is 22.7. The van der Waals surface area contributed by atoms with E-state index < -0.39 is 21.7 Å². The van der Waals surface area contributed by atoms with E-state index in [0.717, 1.165) is 5.56 Å². The minimum atomic E-state index is -4.07. The average molecular weight is 422 g/mol. The van der Waals surface area contributed by atoms with E-state index >= 15 is 0 Å². The topological polar surface area (TPSA) is 68.2 Å². The van der Waals surface area contributed by atoms with Gasteiger partial charge in [0.2, 0.25) is 0 Å². The highest BCUT2D eigenvalue weighted by atomic mass is 32.2. The lowest BCUT2D eigenvalue weighted by Gasteiger charge is -2.19. The number of halogens is 1. The highest BCUT2D eigenvalue weighted by molar-refractivity contribution is 7.90. The van der Waals surface area contributed by atoms with Crippen molar-refractivity contribution in [1.29, 1.82) is 0 Å². The first-order valence-electron chi connectivity index (χ1n) is 9.35. The third-order valence-electron chi connectivity index (χ3n) is 5.01. The van der Waals surface area contributed by atoms with E-state index in [0.29, 0.717) is 5.52 Å². The van der Waals surface area contributed by atoms with Gasteiger partial charge in [0.1, 0.15) is 11.5 Å². The standard InChI is InChI=1S/C23H19FN2O3S/c1-16(17-9-4-2-5-10-17)26-21-14-8-13-20(24)19(21)15-22(26)23(27)25-30(28,29)18-11-6-3-7-12-18/h2-16H,1H3,(H,25,27). The fraction of sp³-hybridized carbons (Fsp3) is 0.0870. The van der Waals surface area contributed by atoms with E-state index in [1.165, 1.54) is 24.3 Å². The summed E-state index contributed by atoms with van der Waals surface area (Å²) in [5, 5.41) is 0.252. The van der Waals surface area contributed by atoms with Crippen molar-refractivity contribution in [3.63, 3.8) is 0 Å². The molecule has 1 heterocycles. The number of sulfonamides is 1. The van der Waals surface area contributed by atoms with Crippen LogP contribution in [0.3, 0.4) is 0 Å². The largest absolute Gasteiger partial charge is 0.329 e. The summed E-state index contributed by atoms with van der Waals surface area (Å²) >= 11 is 0. The highest BCUT2D eigenvalue weighted by Crippen LogP contribution is 2.30. The van der Waals surface area contributed by atoms with Crippen LogP contribution in [-0.4, -0.2) is 18.9 Å². The van der Waals surface area contributed by atoms with Gasteiger partial charge in [0.15, 0.2) is 0 Å². The Balaban J connectivity index is 1.82. The summed E-state index contributed by atoms with van der Waals surface area (Å²) in [7, 11) is -4.07. The van der Waals surface area contributed by atoms with E-state index in [2.05, 4.69) is 4.72 Å². The number of hydrogen-bond acceptors (Lipinski definition) is 3. The van der Waals surface area contributed by atoms with Crippen LogP contribution < -0.4 is 4.72 Å². The molecule has 30 heavy (non-hydrogen) atoms. The quantitative estimate of drug-likeness (QED) is 0.515. The van der Waals surface area contributed by atoms with Crippen LogP contribution in [0.4, 0.5) is 4.39 Å². The molecule has 3 aromatic carbocycles. The highest BCUT2D eigenvalue weighted by Gasteiger charge is 2.25. The van der Waals surface area contributed by atoms with Crippen LogP contribution in [-0.2, 0) is 10.0 Å². The fourth-order valence-corrected chi connectivity index (χ4v) is 4.50. The maximum absolute atomic E-state index is 14.4. The number of aromatic nitrogens is 1. The number of rotatable bonds is 5. The zero-order valence-electron chi connectivity index (χ0n) is 16.1. The number of carbonyl (C=O) groups excluding carboxylic acids is 1. The van der Waals surface area contributed by atoms with Crippen LogP contribution >= 0.6 is 0 Å². The van der Waals surface area contributed by atoms with Gasteiger partial charge in [0.05, 0.1) is 16.5 Å². The van der Waals surface area contributed by atoms with E-state index in [1.807, 2.05) is 37.3 Å². The monoisotopic (exact) mass is 422 g/mol. The van der Waals surface area contributed by atoms with Crippen LogP contribution in [0.25, 0.3) is 10.9 Å². The SMILES string of the molecule is CC(c1ccccc1)n1c(C(=O)NS(=O)(=O)c2ccccc2)cc2c(F)cccc21. The Morgan fingerprint density at radius 2 is 1.57 bits per heavy atom. The number of hydrogen-bond donors (Lipinski definition) is 1. The summed E-state index contributed by atoms with van der Waals surface area (Å²) in [5.41, 5.74) is 1.47. The Morgan fingerprint density at radius 1 is 0.933 bits per heavy atom. The van der Waals surface area contributed by atoms with E-state index in [9.17, 15) is 17.6 Å². The molecule has 1 aromatic heterocycles. The second-order valence-corrected chi connectivity index (χ2v) is 8.59. The third-order valence-corrected chi connectivity index (χ3v) is 6.36. The molecule has 0 spiro atoms. The molecule has 0 bridgehead atoms. The van der Waals surface area contributed by atoms with Gasteiger partial charge in [-0.1, -0.05) is 54.6 Å². The minimum Gasteiger partial charge on any atom is -0.329 e. The smallest absolute Gasteiger partial charge is 0.281 e. The van der Waals surface area contributed by atoms with Crippen LogP contribution in [0.1, 0.15) is 29.0 Å². The number of amides is 1. The summed E-state index contributed by atoms with van der Waals surface area (Å²) in [6.45, 7) is 1.88. The van der Waals surface area contributed by atoms with Crippen molar-refractivity contribution in [2.45, 2.75) is 17.9 Å². The lowest BCUT2D eigenvalue weighted by Crippen LogP contribution is -2.32. The van der Waals surface area contributed by atoms with Crippen molar-refractivity contribution in [3.8, 4) is 0 Å². The van der Waals surface area contributed by atoms with Gasteiger partial charge in [-0.3, -0.25) is 4.79 Å². The van der Waals surface area contributed by atoms with Gasteiger partial charge in [-0.15, -0.1) is 0 Å². The Morgan fingerprint density at radius 3 is 2.23 bits per heavy atom. The Hall–Kier alpha value is -3.45. The summed E-state index contributed by atoms with van der Waals surface area (Å²) in [4.78, 5) is 13.0. The van der Waals surface area contributed by atoms with Crippen molar-refractivity contribution in [2.24, 2.45) is 0 Å². The van der Waals surface area contributed by atoms with Gasteiger partial charge in [-0.25, -0.2) is 17.5 Å². The van der Waals surface area contributed by atoms with Crippen molar-refractivity contribution in [2.75, 3.05) is 0 Å². The minimum absolute atomic E-state index is 0.0247. The fourth-order valence-electron chi connectivity index (χ4n) is 3.52. The molecule has 0 fully saturated rings. The normalized spacial score (nSPS) is 12.6. The van der Waals surface area contributed by atoms with Crippen molar-refractivity contribution < 1.29 is 17.6 Å². The molecule has 0 saturated carbocycles. The molecule has 152 valence electrons. The second-order valence-electron chi connectivity index (χ2n) is 6.91. The third kappa shape index (κ3) is 3.59. The van der Waals surface area contributed by atoms with Gasteiger partial charge in [0, 0.05) is 5.39 Å². The molecule has 5 nitrogen and oxygen atoms in total. The summed E-state index contributed by atoms with van der Waals surface area (Å²) in [5.74, 6) is -1.30. The van der Waals surface area contributed by atoms with Gasteiger partial charge in [-0.2, -0.15) is 0 Å². The van der Waals surface area contributed by atoms with E-state index in [1.54, 1.807) is 34.9 Å². The van der Waals surface area contributed by atoms with Crippen molar-refractivity contribution >= 4 is 26.8 Å². The Labute approximate surface area is 173 Å². The number of fused-ring (bicyclic) bond motifs is 1. The molecule has 7 heteroatoms. The molecule has 0 saturated heterocycles. The molecular weight excluding hydrogens is 403 g/mol. The molecule has 0 aliphatic heterocycles. The van der Waals surface area contributed by atoms with Crippen LogP contribution in [0.15, 0.2) is 89.8 Å². The molecule has 1 amide bonds. The van der Waals surface area contributed by atoms with Crippen LogP contribution in [0, 0.1) is 5.82 Å². The van der Waals surface area contributed by atoms with Crippen molar-refractivity contribution in [3.05, 3.63) is 102 Å². The first kappa shape index (κ1) is 19.8. The molecule has 0 aliphatic rings. The molecular formula is C23H19FN2O3S. The predicted octanol–water partition coefficient (Wildman–Crippen LogP) is 4.51. The maximum atomic E-state index is 14.4. The molecule has 0 radical (unpaired) electrons. The van der Waals surface area contributed by atoms with E-state index in [4.69, 9.17) is 0 Å². The van der Waals surface area contributed by atoms with Gasteiger partial charge in [-0.05, 0) is 42.8 Å². The maximum Gasteiger partial charge on any atom is 0.281 e. The molecule has 1 unspecified atom stereocenters. The lowest BCUT2D eigenvalue weighted by molar-refractivity contribution is 0.0972. The second kappa shape index (κ2) is 7.76. The zero-order valence-corrected chi connectivity index (χ0v) is 16.9. The number of carbonyl (C=O) groups is 1. The van der Waals surface area contributed by atoms with Gasteiger partial charge in [0.25, 0.3) is 15.9 Å². The van der Waals surface area contributed by atoms with Crippen LogP contribution in [0.2, 0.25) is 0 Å². The van der Waals surface area contributed by atoms with Crippen molar-refractivity contribution in [1.82, 2.24) is 9.29 Å². The average Bonchev–Trinajstić information content (AvgIpc) is 3.15. The molecule has 4 aromatic rings. The predicted molar refractivity (Wildman–Crippen MR) is 113 cm³/mol. The van der Waals surface area contributed by atoms with Crippen LogP contribution in [0.5, 0.6) is 0 Å². The van der Waals surface area contributed by atoms with E-state index in [-0.39, 0.29) is 22.0 Å². The number of benzene rings is 3. The summed E-state index contributed by atoms with van der Waals surface area (Å²) in [6.07, 6.45) is 0. The van der Waals surface area contributed by atoms with Gasteiger partial charge >= 0.3 is 0 Å². The molecule has 1 atom stereocenters. The molecule has 4 rings (SSSR count). The summed E-state index contributed by atoms with van der Waals surface area (Å²) < 4.78 is 43.5. The molecule has 0 aliphatic carbocycles.